The summed E-state index contributed by atoms with van der Waals surface area (Å²) in [5.41, 5.74) is 1.96. The van der Waals surface area contributed by atoms with Crippen molar-refractivity contribution < 1.29 is 13.9 Å². The lowest BCUT2D eigenvalue weighted by atomic mass is 9.97. The number of hydrogen-bond donors (Lipinski definition) is 1. The van der Waals surface area contributed by atoms with E-state index < -0.39 is 5.97 Å². The Labute approximate surface area is 174 Å². The number of aromatic nitrogens is 3. The number of nitrogens with zero attached hydrogens (tertiary/aromatic N) is 3. The molecule has 0 fully saturated rings. The average Bonchev–Trinajstić information content (AvgIpc) is 3.04. The van der Waals surface area contributed by atoms with Crippen LogP contribution in [0, 0.1) is 11.2 Å². The predicted molar refractivity (Wildman–Crippen MR) is 111 cm³/mol. The van der Waals surface area contributed by atoms with Gasteiger partial charge in [-0.3, -0.25) is 0 Å². The Bertz CT molecular complexity index is 1040. The highest BCUT2D eigenvalue weighted by Crippen LogP contribution is 2.29. The molecule has 0 saturated carbocycles. The van der Waals surface area contributed by atoms with E-state index in [0.29, 0.717) is 30.0 Å². The van der Waals surface area contributed by atoms with Gasteiger partial charge in [-0.25, -0.2) is 14.2 Å². The molecule has 0 spiro atoms. The van der Waals surface area contributed by atoms with E-state index in [-0.39, 0.29) is 28.6 Å². The van der Waals surface area contributed by atoms with Crippen molar-refractivity contribution in [2.24, 2.45) is 5.41 Å². The van der Waals surface area contributed by atoms with Crippen LogP contribution in [0.25, 0.3) is 5.65 Å². The number of halogens is 2. The minimum Gasteiger partial charge on any atom is -0.462 e. The minimum atomic E-state index is -0.509. The molecule has 2 aromatic heterocycles. The van der Waals surface area contributed by atoms with E-state index in [4.69, 9.17) is 16.3 Å². The Hall–Kier alpha value is -2.67. The number of rotatable bonds is 6. The summed E-state index contributed by atoms with van der Waals surface area (Å²) in [6, 6.07) is 6.33. The summed E-state index contributed by atoms with van der Waals surface area (Å²) in [5.74, 6) is -0.207. The summed E-state index contributed by atoms with van der Waals surface area (Å²) >= 11 is 6.52. The zero-order valence-electron chi connectivity index (χ0n) is 16.9. The van der Waals surface area contributed by atoms with Crippen LogP contribution in [0.15, 0.2) is 30.5 Å². The van der Waals surface area contributed by atoms with Gasteiger partial charge in [0.15, 0.2) is 5.65 Å². The van der Waals surface area contributed by atoms with Crippen LogP contribution in [-0.2, 0) is 11.2 Å². The zero-order chi connectivity index (χ0) is 21.2. The second kappa shape index (κ2) is 8.37. The van der Waals surface area contributed by atoms with Crippen molar-refractivity contribution in [3.8, 4) is 0 Å². The van der Waals surface area contributed by atoms with Crippen LogP contribution in [0.2, 0.25) is 5.15 Å². The van der Waals surface area contributed by atoms with Crippen LogP contribution in [0.3, 0.4) is 0 Å². The molecule has 0 radical (unpaired) electrons. The third-order valence-electron chi connectivity index (χ3n) is 4.25. The number of ether oxygens (including phenoxy) is 1. The van der Waals surface area contributed by atoms with E-state index in [1.54, 1.807) is 17.5 Å². The Kier molecular flexibility index (Phi) is 6.07. The Morgan fingerprint density at radius 2 is 2.10 bits per heavy atom. The molecule has 0 unspecified atom stereocenters. The molecule has 1 N–H and O–H groups in total. The molecule has 0 aliphatic carbocycles. The van der Waals surface area contributed by atoms with Gasteiger partial charge in [-0.15, -0.1) is 0 Å². The van der Waals surface area contributed by atoms with Gasteiger partial charge in [-0.1, -0.05) is 44.5 Å². The number of anilines is 1. The van der Waals surface area contributed by atoms with Crippen molar-refractivity contribution in [3.63, 3.8) is 0 Å². The summed E-state index contributed by atoms with van der Waals surface area (Å²) in [6.45, 7) is 8.90. The van der Waals surface area contributed by atoms with Crippen LogP contribution >= 0.6 is 11.6 Å². The van der Waals surface area contributed by atoms with Gasteiger partial charge >= 0.3 is 5.97 Å². The lowest BCUT2D eigenvalue weighted by molar-refractivity contribution is 0.0528. The molecule has 1 aromatic carbocycles. The Morgan fingerprint density at radius 1 is 1.34 bits per heavy atom. The van der Waals surface area contributed by atoms with Crippen molar-refractivity contribution in [2.75, 3.05) is 18.5 Å². The standard InChI is InChI=1S/C21H24ClFN4O2/c1-5-29-20(28)16-11-25-27-18(24-12-21(2,3)4)15(17(22)26-19(16)27)10-13-7-6-8-14(23)9-13/h6-9,11,24H,5,10,12H2,1-4H3. The molecule has 0 aliphatic heterocycles. The van der Waals surface area contributed by atoms with Crippen LogP contribution in [-0.4, -0.2) is 33.7 Å². The second-order valence-electron chi connectivity index (χ2n) is 7.96. The van der Waals surface area contributed by atoms with Crippen molar-refractivity contribution >= 4 is 29.0 Å². The summed E-state index contributed by atoms with van der Waals surface area (Å²) in [5, 5.41) is 7.95. The number of benzene rings is 1. The highest BCUT2D eigenvalue weighted by Gasteiger charge is 2.23. The molecule has 0 aliphatic rings. The quantitative estimate of drug-likeness (QED) is 0.462. The Balaban J connectivity index is 2.13. The second-order valence-corrected chi connectivity index (χ2v) is 8.32. The van der Waals surface area contributed by atoms with Gasteiger partial charge in [-0.05, 0) is 30.0 Å². The number of hydrogen-bond acceptors (Lipinski definition) is 5. The van der Waals surface area contributed by atoms with Gasteiger partial charge in [0.25, 0.3) is 0 Å². The molecule has 154 valence electrons. The van der Waals surface area contributed by atoms with Gasteiger partial charge in [0.05, 0.1) is 12.8 Å². The molecule has 3 rings (SSSR count). The zero-order valence-corrected chi connectivity index (χ0v) is 17.7. The molecular weight excluding hydrogens is 395 g/mol. The van der Waals surface area contributed by atoms with E-state index in [0.717, 1.165) is 5.56 Å². The molecular formula is C21H24ClFN4O2. The first-order valence-corrected chi connectivity index (χ1v) is 9.79. The number of esters is 1. The maximum Gasteiger partial charge on any atom is 0.343 e. The maximum atomic E-state index is 13.7. The molecule has 0 bridgehead atoms. The Morgan fingerprint density at radius 3 is 2.76 bits per heavy atom. The van der Waals surface area contributed by atoms with Crippen LogP contribution in [0.4, 0.5) is 10.2 Å². The summed E-state index contributed by atoms with van der Waals surface area (Å²) < 4.78 is 20.3. The number of carbonyl (C=O) groups is 1. The van der Waals surface area contributed by atoms with E-state index in [2.05, 4.69) is 36.2 Å². The number of nitrogens with one attached hydrogen (secondary N) is 1. The van der Waals surface area contributed by atoms with Crippen molar-refractivity contribution in [1.82, 2.24) is 14.6 Å². The first-order chi connectivity index (χ1) is 13.7. The van der Waals surface area contributed by atoms with Gasteiger partial charge in [-0.2, -0.15) is 9.61 Å². The van der Waals surface area contributed by atoms with Crippen LogP contribution < -0.4 is 5.32 Å². The lowest BCUT2D eigenvalue weighted by Crippen LogP contribution is -2.22. The van der Waals surface area contributed by atoms with Gasteiger partial charge in [0, 0.05) is 18.5 Å². The summed E-state index contributed by atoms with van der Waals surface area (Å²) in [6.07, 6.45) is 1.78. The van der Waals surface area contributed by atoms with E-state index in [9.17, 15) is 9.18 Å². The topological polar surface area (TPSA) is 68.5 Å². The number of fused-ring (bicyclic) bond motifs is 1. The predicted octanol–water partition coefficient (Wildman–Crippen LogP) is 4.75. The monoisotopic (exact) mass is 418 g/mol. The van der Waals surface area contributed by atoms with E-state index in [1.165, 1.54) is 18.3 Å². The normalized spacial score (nSPS) is 11.7. The fourth-order valence-electron chi connectivity index (χ4n) is 2.89. The fraction of sp³-hybridized carbons (Fsp3) is 0.381. The average molecular weight is 419 g/mol. The summed E-state index contributed by atoms with van der Waals surface area (Å²) in [7, 11) is 0. The third-order valence-corrected chi connectivity index (χ3v) is 4.56. The first-order valence-electron chi connectivity index (χ1n) is 9.41. The van der Waals surface area contributed by atoms with Gasteiger partial charge < -0.3 is 10.1 Å². The fourth-order valence-corrected chi connectivity index (χ4v) is 3.13. The molecule has 2 heterocycles. The molecule has 0 amide bonds. The smallest absolute Gasteiger partial charge is 0.343 e. The molecule has 0 saturated heterocycles. The van der Waals surface area contributed by atoms with Crippen LogP contribution in [0.1, 0.15) is 49.2 Å². The largest absolute Gasteiger partial charge is 0.462 e. The number of carbonyl (C=O) groups excluding carboxylic acids is 1. The van der Waals surface area contributed by atoms with Crippen molar-refractivity contribution in [1.29, 1.82) is 0 Å². The van der Waals surface area contributed by atoms with E-state index in [1.807, 2.05) is 6.07 Å². The van der Waals surface area contributed by atoms with Crippen molar-refractivity contribution in [2.45, 2.75) is 34.1 Å². The lowest BCUT2D eigenvalue weighted by Gasteiger charge is -2.22. The van der Waals surface area contributed by atoms with Gasteiger partial charge in [0.2, 0.25) is 0 Å². The molecule has 6 nitrogen and oxygen atoms in total. The highest BCUT2D eigenvalue weighted by atomic mass is 35.5. The molecule has 3 aromatic rings. The maximum absolute atomic E-state index is 13.7. The minimum absolute atomic E-state index is 0.0185. The highest BCUT2D eigenvalue weighted by molar-refractivity contribution is 6.30. The first kappa shape index (κ1) is 21.0. The molecule has 8 heteroatoms. The van der Waals surface area contributed by atoms with Crippen LogP contribution in [0.5, 0.6) is 0 Å². The molecule has 29 heavy (non-hydrogen) atoms. The summed E-state index contributed by atoms with van der Waals surface area (Å²) in [4.78, 5) is 16.6. The third kappa shape index (κ3) is 4.85. The van der Waals surface area contributed by atoms with E-state index >= 15 is 0 Å². The van der Waals surface area contributed by atoms with Crippen molar-refractivity contribution in [3.05, 3.63) is 58.1 Å². The molecule has 0 atom stereocenters. The van der Waals surface area contributed by atoms with Gasteiger partial charge in [0.1, 0.15) is 22.4 Å². The SMILES string of the molecule is CCOC(=O)c1cnn2c(NCC(C)(C)C)c(Cc3cccc(F)c3)c(Cl)nc12.